The summed E-state index contributed by atoms with van der Waals surface area (Å²) in [5.74, 6) is -0.192. The number of halogens is 2. The molecule has 14 heavy (non-hydrogen) atoms. The van der Waals surface area contributed by atoms with Gasteiger partial charge in [0.15, 0.2) is 0 Å². The van der Waals surface area contributed by atoms with Gasteiger partial charge in [0.25, 0.3) is 0 Å². The minimum absolute atomic E-state index is 0.192. The third kappa shape index (κ3) is 1.59. The summed E-state index contributed by atoms with van der Waals surface area (Å²) in [5.41, 5.74) is 7.41. The first-order valence-corrected chi connectivity index (χ1v) is 5.63. The molecule has 1 aromatic rings. The number of aryl methyl sites for hydroxylation is 1. The molecule has 0 heterocycles. The van der Waals surface area contributed by atoms with E-state index < -0.39 is 5.54 Å². The van der Waals surface area contributed by atoms with Crippen LogP contribution in [0.15, 0.2) is 16.6 Å². The van der Waals surface area contributed by atoms with Crippen LogP contribution in [-0.4, -0.2) is 0 Å². The lowest BCUT2D eigenvalue weighted by atomic mass is 10.0. The van der Waals surface area contributed by atoms with Crippen LogP contribution in [0.2, 0.25) is 0 Å². The SMILES string of the molecule is CCc1cc(Br)c(F)c(C2(N)CC2)c1. The van der Waals surface area contributed by atoms with Crippen molar-refractivity contribution in [2.75, 3.05) is 0 Å². The molecule has 1 saturated carbocycles. The van der Waals surface area contributed by atoms with Gasteiger partial charge in [0.1, 0.15) is 5.82 Å². The van der Waals surface area contributed by atoms with E-state index in [-0.39, 0.29) is 5.82 Å². The second kappa shape index (κ2) is 3.31. The van der Waals surface area contributed by atoms with Crippen LogP contribution < -0.4 is 5.73 Å². The van der Waals surface area contributed by atoms with E-state index in [0.717, 1.165) is 24.8 Å². The van der Waals surface area contributed by atoms with Gasteiger partial charge in [-0.05, 0) is 46.8 Å². The molecule has 76 valence electrons. The van der Waals surface area contributed by atoms with Crippen LogP contribution in [0.5, 0.6) is 0 Å². The molecule has 0 atom stereocenters. The van der Waals surface area contributed by atoms with E-state index in [1.165, 1.54) is 0 Å². The van der Waals surface area contributed by atoms with Crippen LogP contribution in [0.4, 0.5) is 4.39 Å². The summed E-state index contributed by atoms with van der Waals surface area (Å²) < 4.78 is 14.3. The highest BCUT2D eigenvalue weighted by Gasteiger charge is 2.42. The third-order valence-electron chi connectivity index (χ3n) is 2.82. The summed E-state index contributed by atoms with van der Waals surface area (Å²) in [6.45, 7) is 2.06. The Morgan fingerprint density at radius 2 is 2.14 bits per heavy atom. The maximum absolute atomic E-state index is 13.7. The smallest absolute Gasteiger partial charge is 0.142 e. The molecule has 0 saturated heterocycles. The molecule has 1 aliphatic rings. The maximum atomic E-state index is 13.7. The van der Waals surface area contributed by atoms with E-state index in [2.05, 4.69) is 22.9 Å². The first-order chi connectivity index (χ1) is 6.57. The molecule has 2 rings (SSSR count). The first-order valence-electron chi connectivity index (χ1n) is 4.84. The Morgan fingerprint density at radius 1 is 1.50 bits per heavy atom. The number of hydrogen-bond acceptors (Lipinski definition) is 1. The zero-order valence-corrected chi connectivity index (χ0v) is 9.70. The monoisotopic (exact) mass is 257 g/mol. The van der Waals surface area contributed by atoms with Crippen LogP contribution >= 0.6 is 15.9 Å². The van der Waals surface area contributed by atoms with Crippen molar-refractivity contribution in [3.8, 4) is 0 Å². The fraction of sp³-hybridized carbons (Fsp3) is 0.455. The van der Waals surface area contributed by atoms with E-state index in [1.54, 1.807) is 0 Å². The quantitative estimate of drug-likeness (QED) is 0.866. The van der Waals surface area contributed by atoms with E-state index in [9.17, 15) is 4.39 Å². The summed E-state index contributed by atoms with van der Waals surface area (Å²) in [5, 5.41) is 0. The van der Waals surface area contributed by atoms with Crippen molar-refractivity contribution in [2.45, 2.75) is 31.7 Å². The lowest BCUT2D eigenvalue weighted by molar-refractivity contribution is 0.571. The molecule has 2 N–H and O–H groups in total. The normalized spacial score (nSPS) is 18.3. The van der Waals surface area contributed by atoms with Gasteiger partial charge in [-0.1, -0.05) is 13.0 Å². The Hall–Kier alpha value is -0.410. The number of hydrogen-bond donors (Lipinski definition) is 1. The standard InChI is InChI=1S/C11H13BrFN/c1-2-7-5-8(11(14)3-4-11)10(13)9(12)6-7/h5-6H,2-4,14H2,1H3. The van der Waals surface area contributed by atoms with Gasteiger partial charge in [-0.2, -0.15) is 0 Å². The Morgan fingerprint density at radius 3 is 2.64 bits per heavy atom. The van der Waals surface area contributed by atoms with Crippen molar-refractivity contribution >= 4 is 15.9 Å². The molecule has 0 radical (unpaired) electrons. The van der Waals surface area contributed by atoms with Crippen molar-refractivity contribution < 1.29 is 4.39 Å². The van der Waals surface area contributed by atoms with Crippen LogP contribution in [0.1, 0.15) is 30.9 Å². The summed E-state index contributed by atoms with van der Waals surface area (Å²) in [7, 11) is 0. The minimum atomic E-state index is -0.391. The molecule has 0 aliphatic heterocycles. The maximum Gasteiger partial charge on any atom is 0.142 e. The molecular formula is C11H13BrFN. The van der Waals surface area contributed by atoms with Crippen LogP contribution in [0, 0.1) is 5.82 Å². The highest BCUT2D eigenvalue weighted by molar-refractivity contribution is 9.10. The topological polar surface area (TPSA) is 26.0 Å². The zero-order chi connectivity index (χ0) is 10.3. The fourth-order valence-electron chi connectivity index (χ4n) is 1.62. The van der Waals surface area contributed by atoms with E-state index in [1.807, 2.05) is 12.1 Å². The van der Waals surface area contributed by atoms with Crippen molar-refractivity contribution in [1.29, 1.82) is 0 Å². The van der Waals surface area contributed by atoms with Crippen molar-refractivity contribution in [2.24, 2.45) is 5.73 Å². The fourth-order valence-corrected chi connectivity index (χ4v) is 2.12. The Kier molecular flexibility index (Phi) is 2.40. The highest BCUT2D eigenvalue weighted by atomic mass is 79.9. The molecule has 1 fully saturated rings. The Labute approximate surface area is 91.6 Å². The molecule has 0 amide bonds. The van der Waals surface area contributed by atoms with Crippen molar-refractivity contribution in [3.05, 3.63) is 33.5 Å². The summed E-state index contributed by atoms with van der Waals surface area (Å²) in [4.78, 5) is 0. The number of benzene rings is 1. The molecule has 1 aromatic carbocycles. The molecule has 0 aromatic heterocycles. The van der Waals surface area contributed by atoms with Gasteiger partial charge in [0, 0.05) is 11.1 Å². The Balaban J connectivity index is 2.52. The molecule has 0 bridgehead atoms. The lowest BCUT2D eigenvalue weighted by Gasteiger charge is -2.13. The molecule has 0 spiro atoms. The van der Waals surface area contributed by atoms with Crippen molar-refractivity contribution in [3.63, 3.8) is 0 Å². The number of rotatable bonds is 2. The Bertz CT molecular complexity index is 372. The minimum Gasteiger partial charge on any atom is -0.321 e. The highest BCUT2D eigenvalue weighted by Crippen LogP contribution is 2.45. The third-order valence-corrected chi connectivity index (χ3v) is 3.40. The zero-order valence-electron chi connectivity index (χ0n) is 8.11. The molecule has 3 heteroatoms. The molecule has 0 unspecified atom stereocenters. The van der Waals surface area contributed by atoms with Crippen LogP contribution in [0.3, 0.4) is 0 Å². The van der Waals surface area contributed by atoms with Gasteiger partial charge in [-0.25, -0.2) is 4.39 Å². The largest absolute Gasteiger partial charge is 0.321 e. The summed E-state index contributed by atoms with van der Waals surface area (Å²) in [6.07, 6.45) is 2.69. The van der Waals surface area contributed by atoms with Crippen LogP contribution in [0.25, 0.3) is 0 Å². The molecule has 1 nitrogen and oxygen atoms in total. The molecule has 1 aliphatic carbocycles. The van der Waals surface area contributed by atoms with E-state index >= 15 is 0 Å². The van der Waals surface area contributed by atoms with Gasteiger partial charge in [0.05, 0.1) is 4.47 Å². The van der Waals surface area contributed by atoms with Gasteiger partial charge in [-0.15, -0.1) is 0 Å². The molecular weight excluding hydrogens is 245 g/mol. The predicted octanol–water partition coefficient (Wildman–Crippen LogP) is 3.10. The number of nitrogens with two attached hydrogens (primary N) is 1. The van der Waals surface area contributed by atoms with Crippen molar-refractivity contribution in [1.82, 2.24) is 0 Å². The average Bonchev–Trinajstić information content (AvgIpc) is 2.89. The van der Waals surface area contributed by atoms with Gasteiger partial charge >= 0.3 is 0 Å². The average molecular weight is 258 g/mol. The predicted molar refractivity (Wildman–Crippen MR) is 58.6 cm³/mol. The van der Waals surface area contributed by atoms with E-state index in [4.69, 9.17) is 5.73 Å². The van der Waals surface area contributed by atoms with Gasteiger partial charge in [0.2, 0.25) is 0 Å². The van der Waals surface area contributed by atoms with Crippen LogP contribution in [-0.2, 0) is 12.0 Å². The van der Waals surface area contributed by atoms with Gasteiger partial charge < -0.3 is 5.73 Å². The summed E-state index contributed by atoms with van der Waals surface area (Å²) >= 11 is 3.23. The second-order valence-corrected chi connectivity index (χ2v) is 4.80. The first kappa shape index (κ1) is 10.1. The summed E-state index contributed by atoms with van der Waals surface area (Å²) in [6, 6.07) is 3.72. The second-order valence-electron chi connectivity index (χ2n) is 3.95. The van der Waals surface area contributed by atoms with Gasteiger partial charge in [-0.3, -0.25) is 0 Å². The van der Waals surface area contributed by atoms with E-state index in [0.29, 0.717) is 10.0 Å². The lowest BCUT2D eigenvalue weighted by Crippen LogP contribution is -2.20.